The van der Waals surface area contributed by atoms with Crippen molar-refractivity contribution in [3.05, 3.63) is 53.6 Å². The molecule has 0 aliphatic rings. The molecule has 0 saturated carbocycles. The van der Waals surface area contributed by atoms with Crippen LogP contribution < -0.4 is 16.4 Å². The van der Waals surface area contributed by atoms with Crippen molar-refractivity contribution in [1.29, 1.82) is 0 Å². The largest absolute Gasteiger partial charge is 0.398 e. The Morgan fingerprint density at radius 2 is 1.53 bits per heavy atom. The number of nitrogens with one attached hydrogen (secondary N) is 2. The first-order valence-electron chi connectivity index (χ1n) is 6.05. The maximum Gasteiger partial charge on any atom is 0.323 e. The van der Waals surface area contributed by atoms with Crippen LogP contribution in [0.25, 0.3) is 0 Å². The summed E-state index contributed by atoms with van der Waals surface area (Å²) in [6.07, 6.45) is 0. The van der Waals surface area contributed by atoms with Crippen LogP contribution >= 0.6 is 0 Å². The number of nitrogens with two attached hydrogens (primary N) is 1. The summed E-state index contributed by atoms with van der Waals surface area (Å²) in [5.41, 5.74) is 10.0. The number of nitrogen functional groups attached to an aromatic ring is 1. The van der Waals surface area contributed by atoms with Gasteiger partial charge >= 0.3 is 6.03 Å². The van der Waals surface area contributed by atoms with Crippen molar-refractivity contribution in [2.75, 3.05) is 16.4 Å². The number of amides is 2. The fourth-order valence-corrected chi connectivity index (χ4v) is 1.65. The fraction of sp³-hybridized carbons (Fsp3) is 0.133. The zero-order chi connectivity index (χ0) is 13.8. The molecule has 0 atom stereocenters. The third-order valence-electron chi connectivity index (χ3n) is 2.85. The first-order valence-corrected chi connectivity index (χ1v) is 6.05. The molecule has 19 heavy (non-hydrogen) atoms. The summed E-state index contributed by atoms with van der Waals surface area (Å²) >= 11 is 0. The average molecular weight is 255 g/mol. The second-order valence-corrected chi connectivity index (χ2v) is 4.52. The first kappa shape index (κ1) is 13.0. The van der Waals surface area contributed by atoms with Gasteiger partial charge in [0.1, 0.15) is 0 Å². The highest BCUT2D eigenvalue weighted by Crippen LogP contribution is 2.17. The van der Waals surface area contributed by atoms with Gasteiger partial charge < -0.3 is 16.4 Å². The molecule has 2 aromatic carbocycles. The van der Waals surface area contributed by atoms with Crippen LogP contribution in [0, 0.1) is 13.8 Å². The van der Waals surface area contributed by atoms with Crippen molar-refractivity contribution in [3.8, 4) is 0 Å². The van der Waals surface area contributed by atoms with E-state index in [4.69, 9.17) is 5.73 Å². The van der Waals surface area contributed by atoms with Gasteiger partial charge in [-0.05, 0) is 43.7 Å². The molecule has 0 aromatic heterocycles. The SMILES string of the molecule is Cc1ccc(NC(=O)Nc2ccc(C)c(N)c2)cc1. The molecule has 4 N–H and O–H groups in total. The van der Waals surface area contributed by atoms with Crippen molar-refractivity contribution in [1.82, 2.24) is 0 Å². The number of benzene rings is 2. The number of rotatable bonds is 2. The van der Waals surface area contributed by atoms with Gasteiger partial charge in [0.05, 0.1) is 0 Å². The van der Waals surface area contributed by atoms with E-state index in [1.54, 1.807) is 6.07 Å². The Hall–Kier alpha value is -2.49. The second kappa shape index (κ2) is 5.44. The van der Waals surface area contributed by atoms with Crippen molar-refractivity contribution >= 4 is 23.1 Å². The fourth-order valence-electron chi connectivity index (χ4n) is 1.65. The molecule has 0 saturated heterocycles. The average Bonchev–Trinajstić information content (AvgIpc) is 2.37. The lowest BCUT2D eigenvalue weighted by Crippen LogP contribution is -2.19. The second-order valence-electron chi connectivity index (χ2n) is 4.52. The number of carbonyl (C=O) groups excluding carboxylic acids is 1. The highest BCUT2D eigenvalue weighted by atomic mass is 16.2. The lowest BCUT2D eigenvalue weighted by molar-refractivity contribution is 0.262. The predicted molar refractivity (Wildman–Crippen MR) is 79.4 cm³/mol. The first-order chi connectivity index (χ1) is 9.04. The van der Waals surface area contributed by atoms with Crippen molar-refractivity contribution < 1.29 is 4.79 Å². The van der Waals surface area contributed by atoms with Gasteiger partial charge in [-0.1, -0.05) is 23.8 Å². The maximum absolute atomic E-state index is 11.8. The van der Waals surface area contributed by atoms with Crippen molar-refractivity contribution in [2.24, 2.45) is 0 Å². The third-order valence-corrected chi connectivity index (χ3v) is 2.85. The quantitative estimate of drug-likeness (QED) is 0.719. The minimum absolute atomic E-state index is 0.285. The molecular formula is C15H17N3O. The van der Waals surface area contributed by atoms with E-state index in [1.807, 2.05) is 50.2 Å². The number of anilines is 3. The van der Waals surface area contributed by atoms with Gasteiger partial charge in [0.15, 0.2) is 0 Å². The molecule has 4 heteroatoms. The zero-order valence-corrected chi connectivity index (χ0v) is 11.0. The van der Waals surface area contributed by atoms with E-state index in [2.05, 4.69) is 10.6 Å². The summed E-state index contributed by atoms with van der Waals surface area (Å²) in [6.45, 7) is 3.92. The molecule has 0 fully saturated rings. The Kier molecular flexibility index (Phi) is 3.71. The van der Waals surface area contributed by atoms with Crippen LogP contribution in [-0.4, -0.2) is 6.03 Å². The normalized spacial score (nSPS) is 10.0. The molecule has 0 unspecified atom stereocenters. The van der Waals surface area contributed by atoms with Gasteiger partial charge in [0.25, 0.3) is 0 Å². The van der Waals surface area contributed by atoms with Crippen molar-refractivity contribution in [3.63, 3.8) is 0 Å². The molecule has 0 aliphatic carbocycles. The minimum Gasteiger partial charge on any atom is -0.398 e. The molecule has 0 bridgehead atoms. The van der Waals surface area contributed by atoms with E-state index in [0.29, 0.717) is 11.4 Å². The van der Waals surface area contributed by atoms with Gasteiger partial charge in [-0.2, -0.15) is 0 Å². The van der Waals surface area contributed by atoms with E-state index >= 15 is 0 Å². The van der Waals surface area contributed by atoms with Crippen molar-refractivity contribution in [2.45, 2.75) is 13.8 Å². The Morgan fingerprint density at radius 3 is 2.16 bits per heavy atom. The van der Waals surface area contributed by atoms with Gasteiger partial charge in [-0.3, -0.25) is 0 Å². The van der Waals surface area contributed by atoms with Crippen LogP contribution in [0.2, 0.25) is 0 Å². The highest BCUT2D eigenvalue weighted by Gasteiger charge is 2.03. The predicted octanol–water partition coefficient (Wildman–Crippen LogP) is 3.53. The molecule has 98 valence electrons. The Labute approximate surface area is 112 Å². The minimum atomic E-state index is -0.285. The number of urea groups is 1. The van der Waals surface area contributed by atoms with Crippen LogP contribution in [0.1, 0.15) is 11.1 Å². The summed E-state index contributed by atoms with van der Waals surface area (Å²) in [4.78, 5) is 11.8. The van der Waals surface area contributed by atoms with Crippen LogP contribution in [0.3, 0.4) is 0 Å². The molecule has 0 aliphatic heterocycles. The summed E-state index contributed by atoms with van der Waals surface area (Å²) < 4.78 is 0. The number of hydrogen-bond acceptors (Lipinski definition) is 2. The molecule has 2 aromatic rings. The highest BCUT2D eigenvalue weighted by molar-refractivity contribution is 6.00. The van der Waals surface area contributed by atoms with Gasteiger partial charge in [-0.15, -0.1) is 0 Å². The Balaban J connectivity index is 2.01. The lowest BCUT2D eigenvalue weighted by Gasteiger charge is -2.09. The molecule has 0 heterocycles. The third kappa shape index (κ3) is 3.48. The summed E-state index contributed by atoms with van der Waals surface area (Å²) in [6, 6.07) is 12.8. The summed E-state index contributed by atoms with van der Waals surface area (Å²) in [5.74, 6) is 0. The standard InChI is InChI=1S/C15H17N3O/c1-10-3-6-12(7-4-10)17-15(19)18-13-8-5-11(2)14(16)9-13/h3-9H,16H2,1-2H3,(H2,17,18,19). The molecule has 2 rings (SSSR count). The van der Waals surface area contributed by atoms with E-state index in [0.717, 1.165) is 16.8 Å². The summed E-state index contributed by atoms with van der Waals surface area (Å²) in [5, 5.41) is 5.50. The molecule has 0 spiro atoms. The Morgan fingerprint density at radius 1 is 0.947 bits per heavy atom. The van der Waals surface area contributed by atoms with Crippen LogP contribution in [0.4, 0.5) is 21.9 Å². The Bertz CT molecular complexity index is 591. The molecule has 2 amide bonds. The monoisotopic (exact) mass is 255 g/mol. The number of aryl methyl sites for hydroxylation is 2. The molecule has 0 radical (unpaired) electrons. The van der Waals surface area contributed by atoms with Crippen LogP contribution in [0.15, 0.2) is 42.5 Å². The van der Waals surface area contributed by atoms with E-state index < -0.39 is 0 Å². The number of carbonyl (C=O) groups is 1. The van der Waals surface area contributed by atoms with Gasteiger partial charge in [-0.25, -0.2) is 4.79 Å². The summed E-state index contributed by atoms with van der Waals surface area (Å²) in [7, 11) is 0. The maximum atomic E-state index is 11.8. The topological polar surface area (TPSA) is 67.2 Å². The van der Waals surface area contributed by atoms with Gasteiger partial charge in [0, 0.05) is 17.1 Å². The smallest absolute Gasteiger partial charge is 0.323 e. The van der Waals surface area contributed by atoms with Gasteiger partial charge in [0.2, 0.25) is 0 Å². The molecular weight excluding hydrogens is 238 g/mol. The number of hydrogen-bond donors (Lipinski definition) is 3. The van der Waals surface area contributed by atoms with E-state index in [-0.39, 0.29) is 6.03 Å². The van der Waals surface area contributed by atoms with Crippen LogP contribution in [-0.2, 0) is 0 Å². The van der Waals surface area contributed by atoms with E-state index in [1.165, 1.54) is 0 Å². The lowest BCUT2D eigenvalue weighted by atomic mass is 10.2. The van der Waals surface area contributed by atoms with E-state index in [9.17, 15) is 4.79 Å². The molecule has 4 nitrogen and oxygen atoms in total. The van der Waals surface area contributed by atoms with Crippen LogP contribution in [0.5, 0.6) is 0 Å². The zero-order valence-electron chi connectivity index (χ0n) is 11.0.